The van der Waals surface area contributed by atoms with Gasteiger partial charge in [-0.15, -0.1) is 0 Å². The Hall–Kier alpha value is -3.05. The summed E-state index contributed by atoms with van der Waals surface area (Å²) in [6.45, 7) is 4.13. The molecule has 1 aromatic carbocycles. The lowest BCUT2D eigenvalue weighted by Gasteiger charge is -2.56. The Morgan fingerprint density at radius 1 is 1.03 bits per heavy atom. The molecule has 0 unspecified atom stereocenters. The molecule has 37 heavy (non-hydrogen) atoms. The average molecular weight is 526 g/mol. The summed E-state index contributed by atoms with van der Waals surface area (Å²) in [5.74, 6) is 2.81. The van der Waals surface area contributed by atoms with Crippen LogP contribution in [-0.4, -0.2) is 42.5 Å². The Kier molecular flexibility index (Phi) is 6.93. The van der Waals surface area contributed by atoms with Crippen LogP contribution in [0.3, 0.4) is 0 Å². The number of urea groups is 1. The van der Waals surface area contributed by atoms with E-state index in [1.807, 2.05) is 19.9 Å². The number of hydrogen-bond acceptors (Lipinski definition) is 6. The number of nitrogens with zero attached hydrogens (tertiary/aromatic N) is 3. The number of carbonyl (C=O) groups is 1. The summed E-state index contributed by atoms with van der Waals surface area (Å²) in [5, 5.41) is 14.5. The van der Waals surface area contributed by atoms with Crippen LogP contribution in [0.1, 0.15) is 55.5 Å². The molecule has 10 nitrogen and oxygen atoms in total. The van der Waals surface area contributed by atoms with Crippen LogP contribution in [0, 0.1) is 31.6 Å². The van der Waals surface area contributed by atoms with Crippen molar-refractivity contribution in [1.29, 1.82) is 0 Å². The minimum Gasteiger partial charge on any atom is -0.332 e. The Bertz CT molecular complexity index is 1250. The highest BCUT2D eigenvalue weighted by Crippen LogP contribution is 2.55. The third-order valence-corrected chi connectivity index (χ3v) is 8.71. The fourth-order valence-electron chi connectivity index (χ4n) is 6.78. The van der Waals surface area contributed by atoms with Gasteiger partial charge in [-0.1, -0.05) is 12.1 Å². The summed E-state index contributed by atoms with van der Waals surface area (Å²) in [5.41, 5.74) is 2.40. The molecule has 5 N–H and O–H groups in total. The Morgan fingerprint density at radius 3 is 2.14 bits per heavy atom. The Balaban J connectivity index is 1.28. The first kappa shape index (κ1) is 25.6. The first-order chi connectivity index (χ1) is 17.5. The van der Waals surface area contributed by atoms with E-state index in [0.29, 0.717) is 18.9 Å². The van der Waals surface area contributed by atoms with Gasteiger partial charge in [-0.05, 0) is 100 Å². The summed E-state index contributed by atoms with van der Waals surface area (Å²) < 4.78 is 23.0. The van der Waals surface area contributed by atoms with Gasteiger partial charge in [0.2, 0.25) is 21.9 Å². The maximum Gasteiger partial charge on any atom is 0.321 e. The van der Waals surface area contributed by atoms with Gasteiger partial charge in [-0.3, -0.25) is 15.6 Å². The standard InChI is InChI=1S/C26H35N7O3S/c1-16-9-17(2)30-24(29-16)31-23(28-8-7-18-3-5-22(6-4-18)37(27,35)36)32-25(34)33-26-13-19-10-20(14-26)12-21(11-19)15-26/h3-6,9,19-21H,7-8,10-15H2,1-2H3,(H2,27,35,36)(H3,28,29,30,31,32,33,34). The van der Waals surface area contributed by atoms with Crippen molar-refractivity contribution in [2.45, 2.75) is 69.2 Å². The predicted molar refractivity (Wildman–Crippen MR) is 142 cm³/mol. The molecule has 4 bridgehead atoms. The number of nitrogens with one attached hydrogen (secondary N) is 3. The molecule has 11 heteroatoms. The summed E-state index contributed by atoms with van der Waals surface area (Å²) in [7, 11) is -3.73. The molecule has 2 amide bonds. The maximum absolute atomic E-state index is 13.2. The first-order valence-corrected chi connectivity index (χ1v) is 14.4. The second-order valence-electron chi connectivity index (χ2n) is 11.0. The number of primary sulfonamides is 1. The highest BCUT2D eigenvalue weighted by molar-refractivity contribution is 7.89. The van der Waals surface area contributed by atoms with Gasteiger partial charge >= 0.3 is 6.03 Å². The zero-order valence-corrected chi connectivity index (χ0v) is 22.1. The molecule has 0 atom stereocenters. The maximum atomic E-state index is 13.2. The van der Waals surface area contributed by atoms with Gasteiger partial charge in [0.05, 0.1) is 4.90 Å². The van der Waals surface area contributed by atoms with E-state index in [2.05, 4.69) is 30.9 Å². The second kappa shape index (κ2) is 10.0. The molecule has 1 aromatic heterocycles. The summed E-state index contributed by atoms with van der Waals surface area (Å²) in [6, 6.07) is 7.99. The molecule has 0 spiro atoms. The summed E-state index contributed by atoms with van der Waals surface area (Å²) >= 11 is 0. The topological polar surface area (TPSA) is 151 Å². The third kappa shape index (κ3) is 6.27. The summed E-state index contributed by atoms with van der Waals surface area (Å²) in [4.78, 5) is 26.7. The minimum atomic E-state index is -3.73. The van der Waals surface area contributed by atoms with Gasteiger partial charge in [0.25, 0.3) is 0 Å². The second-order valence-corrected chi connectivity index (χ2v) is 12.6. The molecular weight excluding hydrogens is 490 g/mol. The molecule has 2 aromatic rings. The quantitative estimate of drug-likeness (QED) is 0.336. The van der Waals surface area contributed by atoms with E-state index < -0.39 is 10.0 Å². The molecule has 198 valence electrons. The first-order valence-electron chi connectivity index (χ1n) is 12.9. The van der Waals surface area contributed by atoms with Crippen LogP contribution in [0.15, 0.2) is 40.2 Å². The number of guanidine groups is 1. The van der Waals surface area contributed by atoms with Gasteiger partial charge in [0.1, 0.15) is 0 Å². The molecule has 0 aliphatic heterocycles. The number of rotatable bonds is 6. The van der Waals surface area contributed by atoms with Crippen molar-refractivity contribution < 1.29 is 13.2 Å². The number of benzene rings is 1. The largest absolute Gasteiger partial charge is 0.332 e. The molecule has 4 aliphatic carbocycles. The van der Waals surface area contributed by atoms with Crippen LogP contribution in [0.4, 0.5) is 10.7 Å². The Labute approximate surface area is 218 Å². The smallest absolute Gasteiger partial charge is 0.321 e. The number of hydrogen-bond donors (Lipinski definition) is 4. The van der Waals surface area contributed by atoms with Gasteiger partial charge in [-0.25, -0.2) is 28.3 Å². The van der Waals surface area contributed by atoms with E-state index in [1.165, 1.54) is 31.4 Å². The van der Waals surface area contributed by atoms with Crippen molar-refractivity contribution in [1.82, 2.24) is 20.6 Å². The van der Waals surface area contributed by atoms with Gasteiger partial charge in [-0.2, -0.15) is 0 Å². The van der Waals surface area contributed by atoms with E-state index in [0.717, 1.165) is 54.0 Å². The van der Waals surface area contributed by atoms with Crippen molar-refractivity contribution >= 4 is 28.0 Å². The van der Waals surface area contributed by atoms with E-state index in [-0.39, 0.29) is 22.4 Å². The number of aliphatic imine (C=N–C) groups is 1. The minimum absolute atomic E-state index is 0.0667. The highest BCUT2D eigenvalue weighted by atomic mass is 32.2. The van der Waals surface area contributed by atoms with Crippen LogP contribution in [0.5, 0.6) is 0 Å². The average Bonchev–Trinajstić information content (AvgIpc) is 2.76. The normalized spacial score (nSPS) is 26.7. The van der Waals surface area contributed by atoms with Crippen molar-refractivity contribution in [3.05, 3.63) is 47.3 Å². The van der Waals surface area contributed by atoms with E-state index in [9.17, 15) is 13.2 Å². The fourth-order valence-corrected chi connectivity index (χ4v) is 7.30. The van der Waals surface area contributed by atoms with Gasteiger partial charge in [0.15, 0.2) is 0 Å². The molecule has 4 fully saturated rings. The van der Waals surface area contributed by atoms with E-state index in [4.69, 9.17) is 5.14 Å². The van der Waals surface area contributed by atoms with Crippen LogP contribution in [-0.2, 0) is 16.4 Å². The number of aromatic nitrogens is 2. The molecule has 0 saturated heterocycles. The molecule has 4 aliphatic rings. The lowest BCUT2D eigenvalue weighted by Crippen LogP contribution is -2.62. The number of aryl methyl sites for hydroxylation is 2. The molecule has 1 heterocycles. The van der Waals surface area contributed by atoms with Crippen molar-refractivity contribution in [3.63, 3.8) is 0 Å². The zero-order valence-electron chi connectivity index (χ0n) is 21.3. The van der Waals surface area contributed by atoms with Crippen LogP contribution >= 0.6 is 0 Å². The molecule has 4 saturated carbocycles. The number of amides is 2. The van der Waals surface area contributed by atoms with Crippen molar-refractivity contribution in [3.8, 4) is 0 Å². The van der Waals surface area contributed by atoms with Crippen molar-refractivity contribution in [2.75, 3.05) is 11.9 Å². The lowest BCUT2D eigenvalue weighted by atomic mass is 9.53. The van der Waals surface area contributed by atoms with Crippen LogP contribution in [0.25, 0.3) is 0 Å². The van der Waals surface area contributed by atoms with Crippen molar-refractivity contribution in [2.24, 2.45) is 27.9 Å². The number of nitrogens with two attached hydrogens (primary N) is 1. The number of sulfonamides is 1. The molecular formula is C26H35N7O3S. The molecule has 0 radical (unpaired) electrons. The predicted octanol–water partition coefficient (Wildman–Crippen LogP) is 3.02. The van der Waals surface area contributed by atoms with Crippen LogP contribution in [0.2, 0.25) is 0 Å². The van der Waals surface area contributed by atoms with Crippen LogP contribution < -0.4 is 21.1 Å². The third-order valence-electron chi connectivity index (χ3n) is 7.78. The van der Waals surface area contributed by atoms with Gasteiger partial charge < -0.3 is 5.32 Å². The summed E-state index contributed by atoms with van der Waals surface area (Å²) in [6.07, 6.45) is 7.63. The van der Waals surface area contributed by atoms with Gasteiger partial charge in [0, 0.05) is 23.5 Å². The Morgan fingerprint density at radius 2 is 1.59 bits per heavy atom. The number of carbonyl (C=O) groups excluding carboxylic acids is 1. The monoisotopic (exact) mass is 525 g/mol. The van der Waals surface area contributed by atoms with E-state index in [1.54, 1.807) is 12.1 Å². The SMILES string of the molecule is Cc1cc(C)nc(NC(=NCCc2ccc(S(N)(=O)=O)cc2)NC(=O)NC23CC4CC(CC(C4)C2)C3)n1. The number of anilines is 1. The molecule has 6 rings (SSSR count). The van der Waals surface area contributed by atoms with E-state index >= 15 is 0 Å². The lowest BCUT2D eigenvalue weighted by molar-refractivity contribution is -0.0132. The highest BCUT2D eigenvalue weighted by Gasteiger charge is 2.51. The zero-order chi connectivity index (χ0) is 26.2. The fraction of sp³-hybridized carbons (Fsp3) is 0.538.